The van der Waals surface area contributed by atoms with Gasteiger partial charge >= 0.3 is 0 Å². The van der Waals surface area contributed by atoms with Gasteiger partial charge in [0.1, 0.15) is 5.82 Å². The van der Waals surface area contributed by atoms with Gasteiger partial charge in [0.05, 0.1) is 11.1 Å². The van der Waals surface area contributed by atoms with Crippen LogP contribution in [0.1, 0.15) is 39.9 Å². The molecule has 126 valence electrons. The van der Waals surface area contributed by atoms with Crippen molar-refractivity contribution in [3.63, 3.8) is 0 Å². The molecule has 1 aromatic carbocycles. The zero-order chi connectivity index (χ0) is 17.4. The van der Waals surface area contributed by atoms with E-state index < -0.39 is 0 Å². The van der Waals surface area contributed by atoms with Crippen LogP contribution in [0, 0.1) is 13.8 Å². The Balaban J connectivity index is 1.60. The lowest BCUT2D eigenvalue weighted by Gasteiger charge is -2.17. The smallest absolute Gasteiger partial charge is 0.256 e. The fraction of sp³-hybridized carbons (Fsp3) is 0.300. The van der Waals surface area contributed by atoms with E-state index in [0.29, 0.717) is 12.1 Å². The maximum atomic E-state index is 13.0. The summed E-state index contributed by atoms with van der Waals surface area (Å²) in [7, 11) is 0. The minimum atomic E-state index is 0.0381. The largest absolute Gasteiger partial charge is 0.338 e. The summed E-state index contributed by atoms with van der Waals surface area (Å²) in [5.41, 5.74) is 3.39. The van der Waals surface area contributed by atoms with E-state index in [0.717, 1.165) is 41.1 Å². The van der Waals surface area contributed by atoms with Gasteiger partial charge in [-0.3, -0.25) is 9.78 Å². The van der Waals surface area contributed by atoms with Crippen LogP contribution in [0.2, 0.25) is 0 Å². The number of likely N-dealkylation sites (tertiary alicyclic amines) is 1. The van der Waals surface area contributed by atoms with E-state index in [1.165, 1.54) is 0 Å². The summed E-state index contributed by atoms with van der Waals surface area (Å²) in [6.45, 7) is 5.35. The highest BCUT2D eigenvalue weighted by atomic mass is 16.2. The molecule has 4 rings (SSSR count). The number of nitrogens with zero attached hydrogens (tertiary/aromatic N) is 4. The quantitative estimate of drug-likeness (QED) is 0.723. The van der Waals surface area contributed by atoms with Gasteiger partial charge in [-0.15, -0.1) is 0 Å². The number of aryl methyl sites for hydroxylation is 2. The summed E-state index contributed by atoms with van der Waals surface area (Å²) in [6, 6.07) is 11.6. The zero-order valence-corrected chi connectivity index (χ0v) is 14.4. The van der Waals surface area contributed by atoms with Crippen molar-refractivity contribution in [1.82, 2.24) is 19.9 Å². The number of para-hydroxylation sites is 1. The highest BCUT2D eigenvalue weighted by Crippen LogP contribution is 2.27. The second kappa shape index (κ2) is 6.24. The SMILES string of the molecule is Cc1cc(C)nc([C@@H]2CCN(C(=O)c3cccc4cccnc34)C2)n1. The number of rotatable bonds is 2. The maximum Gasteiger partial charge on any atom is 0.256 e. The normalized spacial score (nSPS) is 17.2. The molecule has 0 aliphatic carbocycles. The van der Waals surface area contributed by atoms with E-state index in [2.05, 4.69) is 15.0 Å². The number of hydrogen-bond acceptors (Lipinski definition) is 4. The van der Waals surface area contributed by atoms with Crippen molar-refractivity contribution in [3.05, 3.63) is 65.4 Å². The van der Waals surface area contributed by atoms with Crippen LogP contribution in [0.15, 0.2) is 42.6 Å². The van der Waals surface area contributed by atoms with E-state index in [9.17, 15) is 4.79 Å². The second-order valence-corrected chi connectivity index (χ2v) is 6.63. The van der Waals surface area contributed by atoms with Crippen LogP contribution in [0.3, 0.4) is 0 Å². The first kappa shape index (κ1) is 15.7. The molecule has 0 spiro atoms. The molecule has 3 heterocycles. The fourth-order valence-corrected chi connectivity index (χ4v) is 3.54. The van der Waals surface area contributed by atoms with Gasteiger partial charge in [-0.05, 0) is 38.5 Å². The molecule has 0 unspecified atom stereocenters. The van der Waals surface area contributed by atoms with Gasteiger partial charge in [0.15, 0.2) is 0 Å². The van der Waals surface area contributed by atoms with Crippen LogP contribution < -0.4 is 0 Å². The molecule has 1 amide bonds. The number of pyridine rings is 1. The average molecular weight is 332 g/mol. The lowest BCUT2D eigenvalue weighted by molar-refractivity contribution is 0.0792. The van der Waals surface area contributed by atoms with E-state index in [-0.39, 0.29) is 11.8 Å². The molecule has 0 saturated carbocycles. The minimum Gasteiger partial charge on any atom is -0.338 e. The van der Waals surface area contributed by atoms with Crippen molar-refractivity contribution >= 4 is 16.8 Å². The third-order valence-corrected chi connectivity index (χ3v) is 4.70. The number of hydrogen-bond donors (Lipinski definition) is 0. The highest BCUT2D eigenvalue weighted by molar-refractivity contribution is 6.05. The van der Waals surface area contributed by atoms with Crippen LogP contribution in [-0.2, 0) is 0 Å². The number of amides is 1. The molecule has 1 aliphatic heterocycles. The Morgan fingerprint density at radius 1 is 1.12 bits per heavy atom. The average Bonchev–Trinajstić information content (AvgIpc) is 3.10. The predicted octanol–water partition coefficient (Wildman–Crippen LogP) is 3.27. The van der Waals surface area contributed by atoms with E-state index in [1.54, 1.807) is 6.20 Å². The van der Waals surface area contributed by atoms with Gasteiger partial charge < -0.3 is 4.90 Å². The summed E-state index contributed by atoms with van der Waals surface area (Å²) < 4.78 is 0. The third kappa shape index (κ3) is 2.97. The Morgan fingerprint density at radius 2 is 1.88 bits per heavy atom. The van der Waals surface area contributed by atoms with Crippen molar-refractivity contribution in [2.45, 2.75) is 26.2 Å². The number of benzene rings is 1. The Hall–Kier alpha value is -2.82. The molecule has 5 heteroatoms. The van der Waals surface area contributed by atoms with Crippen molar-refractivity contribution < 1.29 is 4.79 Å². The molecule has 3 aromatic rings. The van der Waals surface area contributed by atoms with Gasteiger partial charge in [0, 0.05) is 42.0 Å². The van der Waals surface area contributed by atoms with Gasteiger partial charge in [-0.25, -0.2) is 9.97 Å². The van der Waals surface area contributed by atoms with Crippen molar-refractivity contribution in [1.29, 1.82) is 0 Å². The molecule has 5 nitrogen and oxygen atoms in total. The van der Waals surface area contributed by atoms with Gasteiger partial charge in [0.2, 0.25) is 0 Å². The molecule has 1 aliphatic rings. The lowest BCUT2D eigenvalue weighted by Crippen LogP contribution is -2.29. The van der Waals surface area contributed by atoms with Crippen molar-refractivity contribution in [2.24, 2.45) is 0 Å². The van der Waals surface area contributed by atoms with Gasteiger partial charge in [0.25, 0.3) is 5.91 Å². The Kier molecular flexibility index (Phi) is 3.92. The standard InChI is InChI=1S/C20H20N4O/c1-13-11-14(2)23-19(22-13)16-8-10-24(12-16)20(25)17-7-3-5-15-6-4-9-21-18(15)17/h3-7,9,11,16H,8,10,12H2,1-2H3/t16-/m1/s1. The minimum absolute atomic E-state index is 0.0381. The lowest BCUT2D eigenvalue weighted by atomic mass is 10.1. The zero-order valence-electron chi connectivity index (χ0n) is 14.4. The number of fused-ring (bicyclic) bond motifs is 1. The summed E-state index contributed by atoms with van der Waals surface area (Å²) >= 11 is 0. The predicted molar refractivity (Wildman–Crippen MR) is 96.5 cm³/mol. The summed E-state index contributed by atoms with van der Waals surface area (Å²) in [5.74, 6) is 1.09. The first-order valence-electron chi connectivity index (χ1n) is 8.57. The van der Waals surface area contributed by atoms with Crippen molar-refractivity contribution in [3.8, 4) is 0 Å². The van der Waals surface area contributed by atoms with Gasteiger partial charge in [-0.2, -0.15) is 0 Å². The molecule has 0 N–H and O–H groups in total. The summed E-state index contributed by atoms with van der Waals surface area (Å²) in [4.78, 5) is 28.5. The first-order chi connectivity index (χ1) is 12.1. The molecular weight excluding hydrogens is 312 g/mol. The fourth-order valence-electron chi connectivity index (χ4n) is 3.54. The van der Waals surface area contributed by atoms with E-state index in [1.807, 2.05) is 55.1 Å². The van der Waals surface area contributed by atoms with Crippen LogP contribution in [0.5, 0.6) is 0 Å². The molecule has 0 bridgehead atoms. The molecule has 0 radical (unpaired) electrons. The molecule has 1 saturated heterocycles. The third-order valence-electron chi connectivity index (χ3n) is 4.70. The molecular formula is C20H20N4O. The van der Waals surface area contributed by atoms with Crippen LogP contribution in [0.25, 0.3) is 10.9 Å². The summed E-state index contributed by atoms with van der Waals surface area (Å²) in [5, 5.41) is 0.988. The molecule has 1 atom stereocenters. The molecule has 1 fully saturated rings. The monoisotopic (exact) mass is 332 g/mol. The van der Waals surface area contributed by atoms with Crippen molar-refractivity contribution in [2.75, 3.05) is 13.1 Å². The first-order valence-corrected chi connectivity index (χ1v) is 8.57. The second-order valence-electron chi connectivity index (χ2n) is 6.63. The van der Waals surface area contributed by atoms with Crippen LogP contribution >= 0.6 is 0 Å². The number of carbonyl (C=O) groups excluding carboxylic acids is 1. The summed E-state index contributed by atoms with van der Waals surface area (Å²) in [6.07, 6.45) is 2.63. The Morgan fingerprint density at radius 3 is 2.68 bits per heavy atom. The maximum absolute atomic E-state index is 13.0. The molecule has 2 aromatic heterocycles. The highest BCUT2D eigenvalue weighted by Gasteiger charge is 2.30. The Labute approximate surface area is 146 Å². The van der Waals surface area contributed by atoms with E-state index >= 15 is 0 Å². The molecule has 25 heavy (non-hydrogen) atoms. The van der Waals surface area contributed by atoms with E-state index in [4.69, 9.17) is 0 Å². The van der Waals surface area contributed by atoms with Crippen LogP contribution in [-0.4, -0.2) is 38.8 Å². The Bertz CT molecular complexity index is 928. The number of carbonyl (C=O) groups is 1. The van der Waals surface area contributed by atoms with Gasteiger partial charge in [-0.1, -0.05) is 18.2 Å². The topological polar surface area (TPSA) is 59.0 Å². The number of aromatic nitrogens is 3. The van der Waals surface area contributed by atoms with Crippen LogP contribution in [0.4, 0.5) is 0 Å².